The zero-order valence-corrected chi connectivity index (χ0v) is 20.7. The maximum Gasteiger partial charge on any atom is 0.319 e. The van der Waals surface area contributed by atoms with E-state index in [0.717, 1.165) is 22.6 Å². The first-order valence-electron chi connectivity index (χ1n) is 10.7. The van der Waals surface area contributed by atoms with Crippen molar-refractivity contribution < 1.29 is 13.9 Å². The number of carbonyl (C=O) groups excluding carboxylic acids is 1. The number of ether oxygens (including phenoxy) is 1. The number of halogens is 2. The number of aryl methyl sites for hydroxylation is 1. The Balaban J connectivity index is 1.57. The van der Waals surface area contributed by atoms with E-state index in [1.807, 2.05) is 54.0 Å². The standard InChI is InChI=1S/C25H23ClFN5O2S/c1-16-10-11-18(26)13-22(16)32-23(14-28-24(33)29-21-9-4-3-8-20(21)27)30-31-25(32)35-15-17-6-5-7-19(12-17)34-2/h3-13H,14-15H2,1-2H3,(H2,28,29,33). The highest BCUT2D eigenvalue weighted by molar-refractivity contribution is 7.98. The lowest BCUT2D eigenvalue weighted by atomic mass is 10.2. The van der Waals surface area contributed by atoms with Crippen LogP contribution in [0.4, 0.5) is 14.9 Å². The predicted octanol–water partition coefficient (Wildman–Crippen LogP) is 5.99. The number of hydrogen-bond donors (Lipinski definition) is 2. The highest BCUT2D eigenvalue weighted by Gasteiger charge is 2.18. The smallest absolute Gasteiger partial charge is 0.319 e. The molecule has 4 aromatic rings. The SMILES string of the molecule is COc1cccc(CSc2nnc(CNC(=O)Nc3ccccc3F)n2-c2cc(Cl)ccc2C)c1. The average molecular weight is 512 g/mol. The van der Waals surface area contributed by atoms with E-state index in [9.17, 15) is 9.18 Å². The molecule has 0 saturated heterocycles. The van der Waals surface area contributed by atoms with E-state index in [4.69, 9.17) is 16.3 Å². The third-order valence-corrected chi connectivity index (χ3v) is 6.38. The summed E-state index contributed by atoms with van der Waals surface area (Å²) in [7, 11) is 1.63. The van der Waals surface area contributed by atoms with Gasteiger partial charge in [0.25, 0.3) is 0 Å². The zero-order chi connectivity index (χ0) is 24.8. The van der Waals surface area contributed by atoms with Crippen LogP contribution < -0.4 is 15.4 Å². The number of thioether (sulfide) groups is 1. The molecule has 0 bridgehead atoms. The first-order valence-corrected chi connectivity index (χ1v) is 12.1. The number of rotatable bonds is 8. The van der Waals surface area contributed by atoms with Crippen LogP contribution in [0.3, 0.4) is 0 Å². The fourth-order valence-electron chi connectivity index (χ4n) is 3.37. The Bertz CT molecular complexity index is 1350. The number of benzene rings is 3. The minimum Gasteiger partial charge on any atom is -0.497 e. The minimum atomic E-state index is -0.557. The quantitative estimate of drug-likeness (QED) is 0.284. The zero-order valence-electron chi connectivity index (χ0n) is 19.1. The minimum absolute atomic E-state index is 0.0684. The van der Waals surface area contributed by atoms with Crippen molar-refractivity contribution in [3.63, 3.8) is 0 Å². The molecule has 0 unspecified atom stereocenters. The first kappa shape index (κ1) is 24.6. The number of urea groups is 1. The van der Waals surface area contributed by atoms with Gasteiger partial charge in [-0.1, -0.05) is 53.7 Å². The van der Waals surface area contributed by atoms with E-state index in [2.05, 4.69) is 20.8 Å². The molecule has 0 aliphatic heterocycles. The molecular formula is C25H23ClFN5O2S. The Labute approximate surface area is 211 Å². The largest absolute Gasteiger partial charge is 0.497 e. The molecule has 0 radical (unpaired) electrons. The fourth-order valence-corrected chi connectivity index (χ4v) is 4.45. The maximum absolute atomic E-state index is 13.9. The molecule has 10 heteroatoms. The van der Waals surface area contributed by atoms with Gasteiger partial charge < -0.3 is 15.4 Å². The van der Waals surface area contributed by atoms with E-state index in [1.54, 1.807) is 19.2 Å². The van der Waals surface area contributed by atoms with E-state index < -0.39 is 11.8 Å². The first-order chi connectivity index (χ1) is 16.9. The number of hydrogen-bond acceptors (Lipinski definition) is 5. The number of para-hydroxylation sites is 1. The Morgan fingerprint density at radius 2 is 1.94 bits per heavy atom. The Kier molecular flexibility index (Phi) is 7.89. The molecule has 0 fully saturated rings. The molecule has 0 aliphatic rings. The van der Waals surface area contributed by atoms with Crippen molar-refractivity contribution in [2.45, 2.75) is 24.4 Å². The van der Waals surface area contributed by atoms with E-state index in [1.165, 1.54) is 23.9 Å². The second-order valence-corrected chi connectivity index (χ2v) is 8.97. The molecular weight excluding hydrogens is 489 g/mol. The number of anilines is 1. The molecule has 35 heavy (non-hydrogen) atoms. The van der Waals surface area contributed by atoms with E-state index >= 15 is 0 Å². The number of nitrogens with one attached hydrogen (secondary N) is 2. The summed E-state index contributed by atoms with van der Waals surface area (Å²) < 4.78 is 21.0. The fraction of sp³-hybridized carbons (Fsp3) is 0.160. The van der Waals surface area contributed by atoms with Gasteiger partial charge in [-0.2, -0.15) is 0 Å². The molecule has 180 valence electrons. The molecule has 1 heterocycles. The number of aromatic nitrogens is 3. The van der Waals surface area contributed by atoms with Crippen LogP contribution >= 0.6 is 23.4 Å². The van der Waals surface area contributed by atoms with Crippen molar-refractivity contribution in [1.29, 1.82) is 0 Å². The van der Waals surface area contributed by atoms with Crippen LogP contribution in [0, 0.1) is 12.7 Å². The van der Waals surface area contributed by atoms with Gasteiger partial charge in [-0.15, -0.1) is 10.2 Å². The van der Waals surface area contributed by atoms with Crippen LogP contribution in [-0.2, 0) is 12.3 Å². The van der Waals surface area contributed by atoms with Gasteiger partial charge >= 0.3 is 6.03 Å². The second-order valence-electron chi connectivity index (χ2n) is 7.59. The number of methoxy groups -OCH3 is 1. The summed E-state index contributed by atoms with van der Waals surface area (Å²) in [6, 6.07) is 18.8. The van der Waals surface area contributed by atoms with Crippen LogP contribution in [0.5, 0.6) is 5.75 Å². The van der Waals surface area contributed by atoms with E-state index in [0.29, 0.717) is 21.8 Å². The normalized spacial score (nSPS) is 10.7. The number of carbonyl (C=O) groups is 1. The van der Waals surface area contributed by atoms with Crippen LogP contribution in [-0.4, -0.2) is 27.9 Å². The molecule has 2 amide bonds. The molecule has 2 N–H and O–H groups in total. The summed E-state index contributed by atoms with van der Waals surface area (Å²) in [6.07, 6.45) is 0. The average Bonchev–Trinajstić information content (AvgIpc) is 3.27. The summed E-state index contributed by atoms with van der Waals surface area (Å²) in [4.78, 5) is 12.4. The third-order valence-electron chi connectivity index (χ3n) is 5.14. The molecule has 7 nitrogen and oxygen atoms in total. The topological polar surface area (TPSA) is 81.1 Å². The van der Waals surface area contributed by atoms with Gasteiger partial charge in [0.15, 0.2) is 11.0 Å². The van der Waals surface area contributed by atoms with Gasteiger partial charge in [0, 0.05) is 10.8 Å². The van der Waals surface area contributed by atoms with Crippen LogP contribution in [0.25, 0.3) is 5.69 Å². The van der Waals surface area contributed by atoms with Gasteiger partial charge in [-0.3, -0.25) is 4.57 Å². The van der Waals surface area contributed by atoms with Crippen molar-refractivity contribution in [2.24, 2.45) is 0 Å². The van der Waals surface area contributed by atoms with Crippen molar-refractivity contribution in [3.8, 4) is 11.4 Å². The lowest BCUT2D eigenvalue weighted by Gasteiger charge is -2.14. The molecule has 0 spiro atoms. The van der Waals surface area contributed by atoms with Gasteiger partial charge in [0.05, 0.1) is 25.0 Å². The van der Waals surface area contributed by atoms with Crippen LogP contribution in [0.15, 0.2) is 71.9 Å². The summed E-state index contributed by atoms with van der Waals surface area (Å²) >= 11 is 7.79. The third kappa shape index (κ3) is 6.12. The van der Waals surface area contributed by atoms with Crippen molar-refractivity contribution in [3.05, 3.63) is 94.5 Å². The van der Waals surface area contributed by atoms with Gasteiger partial charge in [0.2, 0.25) is 0 Å². The summed E-state index contributed by atoms with van der Waals surface area (Å²) in [5.41, 5.74) is 2.93. The van der Waals surface area contributed by atoms with Crippen molar-refractivity contribution >= 4 is 35.1 Å². The van der Waals surface area contributed by atoms with Crippen molar-refractivity contribution in [1.82, 2.24) is 20.1 Å². The lowest BCUT2D eigenvalue weighted by molar-refractivity contribution is 0.251. The molecule has 3 aromatic carbocycles. The van der Waals surface area contributed by atoms with Gasteiger partial charge in [0.1, 0.15) is 11.6 Å². The second kappa shape index (κ2) is 11.2. The van der Waals surface area contributed by atoms with Gasteiger partial charge in [-0.05, 0) is 54.4 Å². The number of amides is 2. The molecule has 0 saturated carbocycles. The van der Waals surface area contributed by atoms with Crippen LogP contribution in [0.1, 0.15) is 17.0 Å². The predicted molar refractivity (Wildman–Crippen MR) is 136 cm³/mol. The Morgan fingerprint density at radius 3 is 2.74 bits per heavy atom. The summed E-state index contributed by atoms with van der Waals surface area (Å²) in [5, 5.41) is 15.1. The summed E-state index contributed by atoms with van der Waals surface area (Å²) in [5.74, 6) is 1.40. The number of nitrogens with zero attached hydrogens (tertiary/aromatic N) is 3. The monoisotopic (exact) mass is 511 g/mol. The highest BCUT2D eigenvalue weighted by Crippen LogP contribution is 2.29. The lowest BCUT2D eigenvalue weighted by Crippen LogP contribution is -2.29. The van der Waals surface area contributed by atoms with Crippen molar-refractivity contribution in [2.75, 3.05) is 12.4 Å². The molecule has 0 atom stereocenters. The van der Waals surface area contributed by atoms with Gasteiger partial charge in [-0.25, -0.2) is 9.18 Å². The molecule has 4 rings (SSSR count). The highest BCUT2D eigenvalue weighted by atomic mass is 35.5. The maximum atomic E-state index is 13.9. The van der Waals surface area contributed by atoms with E-state index in [-0.39, 0.29) is 12.2 Å². The Morgan fingerprint density at radius 1 is 1.11 bits per heavy atom. The summed E-state index contributed by atoms with van der Waals surface area (Å²) in [6.45, 7) is 2.03. The Hall–Kier alpha value is -3.56. The molecule has 0 aliphatic carbocycles. The van der Waals surface area contributed by atoms with Crippen LogP contribution in [0.2, 0.25) is 5.02 Å². The molecule has 1 aromatic heterocycles.